The number of aryl methyl sites for hydroxylation is 1. The van der Waals surface area contributed by atoms with E-state index >= 15 is 0 Å². The van der Waals surface area contributed by atoms with Gasteiger partial charge in [-0.2, -0.15) is 0 Å². The van der Waals surface area contributed by atoms with Crippen molar-refractivity contribution in [1.29, 1.82) is 0 Å². The first-order chi connectivity index (χ1) is 6.83. The summed E-state index contributed by atoms with van der Waals surface area (Å²) in [5, 5.41) is 0. The van der Waals surface area contributed by atoms with Gasteiger partial charge in [-0.1, -0.05) is 12.7 Å². The molecular weight excluding hydrogens is 174 g/mol. The molecule has 0 bridgehead atoms. The van der Waals surface area contributed by atoms with Crippen molar-refractivity contribution < 1.29 is 4.74 Å². The Morgan fingerprint density at radius 2 is 2.36 bits per heavy atom. The minimum atomic E-state index is 0.964. The van der Waals surface area contributed by atoms with Crippen molar-refractivity contribution in [3.63, 3.8) is 0 Å². The Bertz CT molecular complexity index is 393. The van der Waals surface area contributed by atoms with Gasteiger partial charge in [0.05, 0.1) is 18.6 Å². The van der Waals surface area contributed by atoms with E-state index in [4.69, 9.17) is 4.74 Å². The van der Waals surface area contributed by atoms with Crippen LogP contribution in [0.4, 0.5) is 0 Å². The Morgan fingerprint density at radius 1 is 1.50 bits per heavy atom. The summed E-state index contributed by atoms with van der Waals surface area (Å²) >= 11 is 0. The standard InChI is InChI=1S/C12H13NO/c1-3-9-6-10-4-5-11(14-2)7-12(10)13-8-9/h3,6-8H,1,4-5H2,2H3. The van der Waals surface area contributed by atoms with Crippen LogP contribution in [0.5, 0.6) is 0 Å². The number of rotatable bonds is 2. The Morgan fingerprint density at radius 3 is 3.07 bits per heavy atom. The number of hydrogen-bond donors (Lipinski definition) is 0. The van der Waals surface area contributed by atoms with E-state index in [0.29, 0.717) is 0 Å². The van der Waals surface area contributed by atoms with Crippen molar-refractivity contribution >= 4 is 12.2 Å². The van der Waals surface area contributed by atoms with Crippen molar-refractivity contribution in [3.8, 4) is 0 Å². The number of methoxy groups -OCH3 is 1. The quantitative estimate of drug-likeness (QED) is 0.710. The highest BCUT2D eigenvalue weighted by molar-refractivity contribution is 5.58. The summed E-state index contributed by atoms with van der Waals surface area (Å²) in [6.45, 7) is 3.73. The first kappa shape index (κ1) is 9.00. The Labute approximate surface area is 83.9 Å². The van der Waals surface area contributed by atoms with E-state index in [9.17, 15) is 0 Å². The number of pyridine rings is 1. The van der Waals surface area contributed by atoms with Gasteiger partial charge in [-0.05, 0) is 23.6 Å². The molecule has 14 heavy (non-hydrogen) atoms. The predicted octanol–water partition coefficient (Wildman–Crippen LogP) is 2.66. The van der Waals surface area contributed by atoms with Crippen LogP contribution in [0.15, 0.2) is 24.6 Å². The zero-order valence-corrected chi connectivity index (χ0v) is 8.29. The molecule has 1 aliphatic rings. The first-order valence-electron chi connectivity index (χ1n) is 4.69. The normalized spacial score (nSPS) is 14.2. The Kier molecular flexibility index (Phi) is 2.35. The summed E-state index contributed by atoms with van der Waals surface area (Å²) in [6, 6.07) is 2.14. The summed E-state index contributed by atoms with van der Waals surface area (Å²) < 4.78 is 5.21. The summed E-state index contributed by atoms with van der Waals surface area (Å²) in [5.74, 6) is 1.01. The first-order valence-corrected chi connectivity index (χ1v) is 4.69. The lowest BCUT2D eigenvalue weighted by Gasteiger charge is -2.14. The molecule has 0 atom stereocenters. The van der Waals surface area contributed by atoms with Gasteiger partial charge in [0.2, 0.25) is 0 Å². The number of ether oxygens (including phenoxy) is 1. The second-order valence-corrected chi connectivity index (χ2v) is 3.33. The van der Waals surface area contributed by atoms with E-state index in [2.05, 4.69) is 17.6 Å². The molecule has 2 heteroatoms. The second-order valence-electron chi connectivity index (χ2n) is 3.33. The highest BCUT2D eigenvalue weighted by Gasteiger charge is 2.11. The van der Waals surface area contributed by atoms with E-state index in [1.165, 1.54) is 5.56 Å². The van der Waals surface area contributed by atoms with Gasteiger partial charge >= 0.3 is 0 Å². The van der Waals surface area contributed by atoms with Crippen LogP contribution in [0.3, 0.4) is 0 Å². The van der Waals surface area contributed by atoms with Gasteiger partial charge in [-0.15, -0.1) is 0 Å². The molecule has 1 aromatic rings. The third-order valence-corrected chi connectivity index (χ3v) is 2.46. The molecule has 0 spiro atoms. The highest BCUT2D eigenvalue weighted by atomic mass is 16.5. The van der Waals surface area contributed by atoms with Crippen molar-refractivity contribution in [2.75, 3.05) is 7.11 Å². The minimum absolute atomic E-state index is 0.964. The zero-order valence-electron chi connectivity index (χ0n) is 8.29. The molecule has 0 radical (unpaired) electrons. The number of allylic oxidation sites excluding steroid dienone is 1. The highest BCUT2D eigenvalue weighted by Crippen LogP contribution is 2.23. The zero-order chi connectivity index (χ0) is 9.97. The molecule has 2 rings (SSSR count). The fourth-order valence-corrected chi connectivity index (χ4v) is 1.62. The van der Waals surface area contributed by atoms with Crippen LogP contribution < -0.4 is 0 Å². The fraction of sp³-hybridized carbons (Fsp3) is 0.250. The molecule has 0 N–H and O–H groups in total. The number of hydrogen-bond acceptors (Lipinski definition) is 2. The van der Waals surface area contributed by atoms with Crippen LogP contribution in [-0.4, -0.2) is 12.1 Å². The Hall–Kier alpha value is -1.57. The van der Waals surface area contributed by atoms with Gasteiger partial charge in [0.15, 0.2) is 0 Å². The third-order valence-electron chi connectivity index (χ3n) is 2.46. The van der Waals surface area contributed by atoms with Crippen molar-refractivity contribution in [1.82, 2.24) is 4.98 Å². The smallest absolute Gasteiger partial charge is 0.0980 e. The van der Waals surface area contributed by atoms with Gasteiger partial charge in [0.25, 0.3) is 0 Å². The average molecular weight is 187 g/mol. The molecule has 1 heterocycles. The molecule has 0 amide bonds. The van der Waals surface area contributed by atoms with Crippen LogP contribution in [0.2, 0.25) is 0 Å². The van der Waals surface area contributed by atoms with Gasteiger partial charge < -0.3 is 4.74 Å². The van der Waals surface area contributed by atoms with Crippen molar-refractivity contribution in [2.24, 2.45) is 0 Å². The summed E-state index contributed by atoms with van der Waals surface area (Å²) in [4.78, 5) is 4.36. The molecular formula is C12H13NO. The largest absolute Gasteiger partial charge is 0.501 e. The molecule has 0 aromatic carbocycles. The molecule has 0 saturated carbocycles. The molecule has 0 unspecified atom stereocenters. The van der Waals surface area contributed by atoms with E-state index in [1.54, 1.807) is 7.11 Å². The van der Waals surface area contributed by atoms with Crippen LogP contribution >= 0.6 is 0 Å². The van der Waals surface area contributed by atoms with Crippen LogP contribution in [0.1, 0.15) is 23.2 Å². The summed E-state index contributed by atoms with van der Waals surface area (Å²) in [5.41, 5.74) is 3.39. The second kappa shape index (κ2) is 3.66. The van der Waals surface area contributed by atoms with Gasteiger partial charge in [0, 0.05) is 18.7 Å². The maximum Gasteiger partial charge on any atom is 0.0980 e. The lowest BCUT2D eigenvalue weighted by molar-refractivity contribution is 0.279. The average Bonchev–Trinajstić information content (AvgIpc) is 2.27. The summed E-state index contributed by atoms with van der Waals surface area (Å²) in [6.07, 6.45) is 7.63. The number of aromatic nitrogens is 1. The van der Waals surface area contributed by atoms with E-state index < -0.39 is 0 Å². The monoisotopic (exact) mass is 187 g/mol. The van der Waals surface area contributed by atoms with Crippen LogP contribution in [0.25, 0.3) is 12.2 Å². The minimum Gasteiger partial charge on any atom is -0.501 e. The van der Waals surface area contributed by atoms with Gasteiger partial charge in [-0.3, -0.25) is 4.98 Å². The number of nitrogens with zero attached hydrogens (tertiary/aromatic N) is 1. The van der Waals surface area contributed by atoms with E-state index in [-0.39, 0.29) is 0 Å². The molecule has 0 fully saturated rings. The van der Waals surface area contributed by atoms with E-state index in [0.717, 1.165) is 29.9 Å². The van der Waals surface area contributed by atoms with E-state index in [1.807, 2.05) is 18.3 Å². The molecule has 1 aromatic heterocycles. The number of fused-ring (bicyclic) bond motifs is 1. The lowest BCUT2D eigenvalue weighted by Crippen LogP contribution is -2.03. The van der Waals surface area contributed by atoms with Crippen LogP contribution in [0, 0.1) is 0 Å². The van der Waals surface area contributed by atoms with Crippen molar-refractivity contribution in [2.45, 2.75) is 12.8 Å². The topological polar surface area (TPSA) is 22.1 Å². The third kappa shape index (κ3) is 1.55. The maximum atomic E-state index is 5.21. The van der Waals surface area contributed by atoms with Gasteiger partial charge in [-0.25, -0.2) is 0 Å². The lowest BCUT2D eigenvalue weighted by atomic mass is 9.99. The maximum absolute atomic E-state index is 5.21. The predicted molar refractivity (Wildman–Crippen MR) is 57.6 cm³/mol. The molecule has 1 aliphatic carbocycles. The molecule has 72 valence electrons. The molecule has 0 aliphatic heterocycles. The SMILES string of the molecule is C=Cc1cnc2c(c1)CCC(OC)=C2. The molecule has 2 nitrogen and oxygen atoms in total. The van der Waals surface area contributed by atoms with Gasteiger partial charge in [0.1, 0.15) is 0 Å². The summed E-state index contributed by atoms with van der Waals surface area (Å²) in [7, 11) is 1.70. The Balaban J connectivity index is 2.41. The molecule has 0 saturated heterocycles. The fourth-order valence-electron chi connectivity index (χ4n) is 1.62. The van der Waals surface area contributed by atoms with Crippen molar-refractivity contribution in [3.05, 3.63) is 41.4 Å². The van der Waals surface area contributed by atoms with Crippen LogP contribution in [-0.2, 0) is 11.2 Å².